The van der Waals surface area contributed by atoms with E-state index in [9.17, 15) is 14.7 Å². The highest BCUT2D eigenvalue weighted by Crippen LogP contribution is 2.29. The first-order valence-electron chi connectivity index (χ1n) is 26.6. The third kappa shape index (κ3) is 36.1. The van der Waals surface area contributed by atoms with Gasteiger partial charge in [-0.05, 0) is 103 Å². The third-order valence-corrected chi connectivity index (χ3v) is 12.8. The highest BCUT2D eigenvalue weighted by Gasteiger charge is 2.26. The summed E-state index contributed by atoms with van der Waals surface area (Å²) in [6, 6.07) is 0. The predicted octanol–water partition coefficient (Wildman–Crippen LogP) is 15.9. The molecule has 0 aromatic heterocycles. The molecular formula is C53H105NO5. The average molecular weight is 836 g/mol. The van der Waals surface area contributed by atoms with Crippen LogP contribution in [0.5, 0.6) is 0 Å². The maximum absolute atomic E-state index is 13.0. The third-order valence-electron chi connectivity index (χ3n) is 12.8. The second kappa shape index (κ2) is 43.5. The zero-order valence-electron chi connectivity index (χ0n) is 40.9. The van der Waals surface area contributed by atoms with E-state index in [0.29, 0.717) is 13.2 Å². The van der Waals surface area contributed by atoms with Gasteiger partial charge in [-0.2, -0.15) is 0 Å². The van der Waals surface area contributed by atoms with Crippen molar-refractivity contribution in [2.24, 2.45) is 11.8 Å². The van der Waals surface area contributed by atoms with E-state index < -0.39 is 5.60 Å². The molecule has 0 rings (SSSR count). The second-order valence-corrected chi connectivity index (χ2v) is 18.7. The topological polar surface area (TPSA) is 76.1 Å². The Labute approximate surface area is 369 Å². The molecule has 0 aliphatic carbocycles. The van der Waals surface area contributed by atoms with Gasteiger partial charge >= 0.3 is 11.9 Å². The quantitative estimate of drug-likeness (QED) is 0.0486. The molecule has 0 heterocycles. The smallest absolute Gasteiger partial charge is 0.308 e. The summed E-state index contributed by atoms with van der Waals surface area (Å²) < 4.78 is 11.7. The number of ether oxygens (including phenoxy) is 2. The fourth-order valence-corrected chi connectivity index (χ4v) is 8.92. The molecule has 0 fully saturated rings. The van der Waals surface area contributed by atoms with E-state index in [1.807, 2.05) is 0 Å². The van der Waals surface area contributed by atoms with E-state index in [-0.39, 0.29) is 23.8 Å². The zero-order valence-corrected chi connectivity index (χ0v) is 40.9. The Balaban J connectivity index is 4.81. The number of aliphatic hydroxyl groups is 1. The first-order valence-corrected chi connectivity index (χ1v) is 26.6. The van der Waals surface area contributed by atoms with E-state index >= 15 is 0 Å². The van der Waals surface area contributed by atoms with Crippen LogP contribution < -0.4 is 0 Å². The second-order valence-electron chi connectivity index (χ2n) is 18.7. The van der Waals surface area contributed by atoms with Gasteiger partial charge in [0.2, 0.25) is 0 Å². The van der Waals surface area contributed by atoms with Gasteiger partial charge in [-0.15, -0.1) is 0 Å². The van der Waals surface area contributed by atoms with Gasteiger partial charge in [-0.25, -0.2) is 0 Å². The minimum Gasteiger partial charge on any atom is -0.465 e. The lowest BCUT2D eigenvalue weighted by Crippen LogP contribution is -2.30. The van der Waals surface area contributed by atoms with E-state index in [1.165, 1.54) is 116 Å². The molecule has 6 nitrogen and oxygen atoms in total. The van der Waals surface area contributed by atoms with Gasteiger partial charge in [0.15, 0.2) is 0 Å². The number of carbonyl (C=O) groups excluding carboxylic acids is 2. The lowest BCUT2D eigenvalue weighted by atomic mass is 9.85. The minimum absolute atomic E-state index is 0.0359. The average Bonchev–Trinajstić information content (AvgIpc) is 3.23. The molecule has 2 atom stereocenters. The van der Waals surface area contributed by atoms with Crippen LogP contribution in [0.4, 0.5) is 0 Å². The Bertz CT molecular complexity index is 833. The largest absolute Gasteiger partial charge is 0.465 e. The first-order chi connectivity index (χ1) is 28.8. The SMILES string of the molecule is CCCCCCCCC(CCCCC)C(=O)OCCCCCCC(O)(CCCCCCOC(=O)C(CCCCC)CCCCCCCC)CCCCN(CCC)CCC. The standard InChI is InChI=1S/C53H105NO5/c1-7-13-17-19-21-29-39-49(37-27-15-9-3)51(55)58-47-35-25-23-31-41-53(57,43-33-34-46-54(44-11-5)45-12-6)42-32-24-26-36-48-59-52(56)50(38-28-16-10-4)40-30-22-20-18-14-8-2/h49-50,57H,7-48H2,1-6H3. The van der Waals surface area contributed by atoms with Crippen LogP contribution in [0.3, 0.4) is 0 Å². The van der Waals surface area contributed by atoms with Gasteiger partial charge in [0.25, 0.3) is 0 Å². The van der Waals surface area contributed by atoms with Crippen LogP contribution in [0.2, 0.25) is 0 Å². The maximum atomic E-state index is 13.0. The van der Waals surface area contributed by atoms with Gasteiger partial charge in [0.1, 0.15) is 0 Å². The Morgan fingerprint density at radius 2 is 0.695 bits per heavy atom. The van der Waals surface area contributed by atoms with Crippen LogP contribution in [-0.4, -0.2) is 60.4 Å². The Kier molecular flexibility index (Phi) is 42.7. The summed E-state index contributed by atoms with van der Waals surface area (Å²) in [5.74, 6) is 0.213. The number of nitrogens with zero attached hydrogens (tertiary/aromatic N) is 1. The van der Waals surface area contributed by atoms with Gasteiger partial charge in [-0.1, -0.05) is 196 Å². The number of hydrogen-bond donors (Lipinski definition) is 1. The van der Waals surface area contributed by atoms with Crippen molar-refractivity contribution in [3.8, 4) is 0 Å². The number of rotatable bonds is 47. The molecule has 0 amide bonds. The first kappa shape index (κ1) is 57.9. The Hall–Kier alpha value is -1.14. The van der Waals surface area contributed by atoms with Crippen molar-refractivity contribution >= 4 is 11.9 Å². The molecule has 352 valence electrons. The van der Waals surface area contributed by atoms with Crippen LogP contribution in [-0.2, 0) is 19.1 Å². The minimum atomic E-state index is -0.607. The van der Waals surface area contributed by atoms with Crippen molar-refractivity contribution in [3.63, 3.8) is 0 Å². The summed E-state index contributed by atoms with van der Waals surface area (Å²) >= 11 is 0. The van der Waals surface area contributed by atoms with Crippen molar-refractivity contribution in [1.29, 1.82) is 0 Å². The van der Waals surface area contributed by atoms with E-state index in [4.69, 9.17) is 9.47 Å². The number of carbonyl (C=O) groups is 2. The monoisotopic (exact) mass is 836 g/mol. The number of unbranched alkanes of at least 4 members (excludes halogenated alkanes) is 21. The summed E-state index contributed by atoms with van der Waals surface area (Å²) in [5.41, 5.74) is -0.607. The van der Waals surface area contributed by atoms with Gasteiger partial charge in [-0.3, -0.25) is 9.59 Å². The van der Waals surface area contributed by atoms with Crippen LogP contribution in [0.1, 0.15) is 279 Å². The molecule has 0 bridgehead atoms. The Morgan fingerprint density at radius 3 is 1.08 bits per heavy atom. The lowest BCUT2D eigenvalue weighted by Gasteiger charge is -2.29. The van der Waals surface area contributed by atoms with Crippen molar-refractivity contribution in [1.82, 2.24) is 4.90 Å². The molecule has 2 unspecified atom stereocenters. The molecule has 59 heavy (non-hydrogen) atoms. The van der Waals surface area contributed by atoms with E-state index in [2.05, 4.69) is 46.4 Å². The predicted molar refractivity (Wildman–Crippen MR) is 255 cm³/mol. The molecule has 0 spiro atoms. The van der Waals surface area contributed by atoms with E-state index in [1.54, 1.807) is 0 Å². The highest BCUT2D eigenvalue weighted by atomic mass is 16.5. The molecule has 0 saturated heterocycles. The molecule has 0 saturated carbocycles. The summed E-state index contributed by atoms with van der Waals surface area (Å²) in [6.45, 7) is 18.0. The Morgan fingerprint density at radius 1 is 0.390 bits per heavy atom. The molecular weight excluding hydrogens is 731 g/mol. The molecule has 0 aromatic rings. The van der Waals surface area contributed by atoms with Crippen LogP contribution in [0.25, 0.3) is 0 Å². The van der Waals surface area contributed by atoms with Crippen molar-refractivity contribution in [2.45, 2.75) is 285 Å². The van der Waals surface area contributed by atoms with Crippen LogP contribution >= 0.6 is 0 Å². The fraction of sp³-hybridized carbons (Fsp3) is 0.962. The van der Waals surface area contributed by atoms with Gasteiger partial charge < -0.3 is 19.5 Å². The zero-order chi connectivity index (χ0) is 43.5. The molecule has 0 aromatic carbocycles. The summed E-state index contributed by atoms with van der Waals surface area (Å²) in [5, 5.41) is 11.9. The van der Waals surface area contributed by atoms with E-state index in [0.717, 1.165) is 141 Å². The van der Waals surface area contributed by atoms with Crippen LogP contribution in [0, 0.1) is 11.8 Å². The summed E-state index contributed by atoms with van der Waals surface area (Å²) in [7, 11) is 0. The van der Waals surface area contributed by atoms with Crippen molar-refractivity contribution in [3.05, 3.63) is 0 Å². The fourth-order valence-electron chi connectivity index (χ4n) is 8.92. The normalized spacial score (nSPS) is 13.8. The molecule has 0 aliphatic rings. The van der Waals surface area contributed by atoms with Crippen molar-refractivity contribution in [2.75, 3.05) is 32.8 Å². The summed E-state index contributed by atoms with van der Waals surface area (Å²) in [4.78, 5) is 28.7. The van der Waals surface area contributed by atoms with Gasteiger partial charge in [0.05, 0.1) is 30.7 Å². The molecule has 0 radical (unpaired) electrons. The number of hydrogen-bond acceptors (Lipinski definition) is 6. The van der Waals surface area contributed by atoms with Crippen LogP contribution in [0.15, 0.2) is 0 Å². The summed E-state index contributed by atoms with van der Waals surface area (Å²) in [6.07, 6.45) is 41.3. The van der Waals surface area contributed by atoms with Crippen molar-refractivity contribution < 1.29 is 24.2 Å². The molecule has 1 N–H and O–H groups in total. The molecule has 6 heteroatoms. The molecule has 0 aliphatic heterocycles. The van der Waals surface area contributed by atoms with Gasteiger partial charge in [0, 0.05) is 0 Å². The number of esters is 2. The highest BCUT2D eigenvalue weighted by molar-refractivity contribution is 5.72. The lowest BCUT2D eigenvalue weighted by molar-refractivity contribution is -0.150. The maximum Gasteiger partial charge on any atom is 0.308 e.